The lowest BCUT2D eigenvalue weighted by molar-refractivity contribution is -0.113. The molecule has 8 aromatic carbocycles. The number of hydrogen-bond acceptors (Lipinski definition) is 2. The summed E-state index contributed by atoms with van der Waals surface area (Å²) in [6, 6.07) is 72.4. The molecule has 52 heavy (non-hydrogen) atoms. The molecule has 0 bridgehead atoms. The summed E-state index contributed by atoms with van der Waals surface area (Å²) in [5.74, 6) is 0. The van der Waals surface area contributed by atoms with E-state index < -0.39 is 11.2 Å². The van der Waals surface area contributed by atoms with Crippen LogP contribution in [0.4, 0.5) is 0 Å². The zero-order valence-corrected chi connectivity index (χ0v) is 28.7. The van der Waals surface area contributed by atoms with Gasteiger partial charge < -0.3 is 10.2 Å². The maximum atomic E-state index is 13.6. The van der Waals surface area contributed by atoms with Crippen molar-refractivity contribution in [3.05, 3.63) is 241 Å². The van der Waals surface area contributed by atoms with Crippen LogP contribution in [0.2, 0.25) is 0 Å². The van der Waals surface area contributed by atoms with Gasteiger partial charge >= 0.3 is 0 Å². The summed E-state index contributed by atoms with van der Waals surface area (Å²) in [4.78, 5) is 0. The topological polar surface area (TPSA) is 40.5 Å². The second-order valence-electron chi connectivity index (χ2n) is 13.2. The van der Waals surface area contributed by atoms with Crippen molar-refractivity contribution in [2.75, 3.05) is 0 Å². The number of aliphatic hydroxyl groups is 2. The number of hydrogen-bond donors (Lipinski definition) is 2. The van der Waals surface area contributed by atoms with Gasteiger partial charge in [0, 0.05) is 0 Å². The van der Waals surface area contributed by atoms with E-state index in [1.165, 1.54) is 0 Å². The van der Waals surface area contributed by atoms with Gasteiger partial charge in [-0.15, -0.1) is 0 Å². The van der Waals surface area contributed by atoms with E-state index in [4.69, 9.17) is 0 Å². The van der Waals surface area contributed by atoms with Crippen molar-refractivity contribution in [3.63, 3.8) is 0 Å². The van der Waals surface area contributed by atoms with E-state index in [0.29, 0.717) is 22.3 Å². The van der Waals surface area contributed by atoms with Crippen LogP contribution in [0.5, 0.6) is 0 Å². The third kappa shape index (κ3) is 6.05. The van der Waals surface area contributed by atoms with Crippen LogP contribution >= 0.6 is 0 Å². The van der Waals surface area contributed by atoms with Crippen LogP contribution in [0.15, 0.2) is 218 Å². The lowest BCUT2D eigenvalue weighted by Crippen LogP contribution is -2.51. The fourth-order valence-electron chi connectivity index (χ4n) is 7.31. The van der Waals surface area contributed by atoms with Crippen LogP contribution in [-0.2, 0) is 11.2 Å². The minimum atomic E-state index is -1.92. The molecule has 0 unspecified atom stereocenters. The smallest absolute Gasteiger partial charge is 0.152 e. The summed E-state index contributed by atoms with van der Waals surface area (Å²) < 4.78 is 0. The average molecular weight is 671 g/mol. The Morgan fingerprint density at radius 3 is 0.519 bits per heavy atom. The number of rotatable bonds is 9. The van der Waals surface area contributed by atoms with Gasteiger partial charge in [0.1, 0.15) is 0 Å². The second kappa shape index (κ2) is 14.1. The predicted octanol–water partition coefficient (Wildman–Crippen LogP) is 11.5. The molecule has 0 saturated carbocycles. The Morgan fingerprint density at radius 2 is 0.346 bits per heavy atom. The van der Waals surface area contributed by atoms with Gasteiger partial charge in [-0.05, 0) is 66.8 Å². The molecule has 2 heteroatoms. The first-order valence-electron chi connectivity index (χ1n) is 17.6. The van der Waals surface area contributed by atoms with Crippen LogP contribution in [-0.4, -0.2) is 10.2 Å². The van der Waals surface area contributed by atoms with Crippen molar-refractivity contribution in [1.29, 1.82) is 0 Å². The van der Waals surface area contributed by atoms with Crippen LogP contribution in [0.25, 0.3) is 44.5 Å². The molecular weight excluding hydrogens is 633 g/mol. The Hall–Kier alpha value is -6.32. The molecule has 0 atom stereocenters. The maximum absolute atomic E-state index is 13.6. The Labute approximate surface area is 305 Å². The third-order valence-corrected chi connectivity index (χ3v) is 10.2. The first kappa shape index (κ1) is 32.9. The van der Waals surface area contributed by atoms with Crippen molar-refractivity contribution >= 4 is 0 Å². The van der Waals surface area contributed by atoms with Gasteiger partial charge in [-0.2, -0.15) is 0 Å². The summed E-state index contributed by atoms with van der Waals surface area (Å²) in [5, 5.41) is 27.3. The Kier molecular flexibility index (Phi) is 8.93. The second-order valence-corrected chi connectivity index (χ2v) is 13.2. The van der Waals surface area contributed by atoms with Gasteiger partial charge in [-0.3, -0.25) is 0 Å². The highest BCUT2D eigenvalue weighted by Crippen LogP contribution is 2.50. The molecule has 0 amide bonds. The molecule has 0 heterocycles. The molecule has 0 aliphatic rings. The van der Waals surface area contributed by atoms with Crippen LogP contribution < -0.4 is 0 Å². The molecule has 8 rings (SSSR count). The van der Waals surface area contributed by atoms with E-state index in [-0.39, 0.29) is 0 Å². The largest absolute Gasteiger partial charge is 0.377 e. The lowest BCUT2D eigenvalue weighted by atomic mass is 9.66. The fraction of sp³-hybridized carbons (Fsp3) is 0.0400. The Balaban J connectivity index is 1.33. The summed E-state index contributed by atoms with van der Waals surface area (Å²) in [6.07, 6.45) is 0. The monoisotopic (exact) mass is 670 g/mol. The van der Waals surface area contributed by atoms with Gasteiger partial charge in [0.15, 0.2) is 11.2 Å². The van der Waals surface area contributed by atoms with E-state index >= 15 is 0 Å². The predicted molar refractivity (Wildman–Crippen MR) is 214 cm³/mol. The van der Waals surface area contributed by atoms with Crippen LogP contribution in [0.1, 0.15) is 22.3 Å². The minimum Gasteiger partial charge on any atom is -0.377 e. The molecule has 2 nitrogen and oxygen atoms in total. The molecule has 0 saturated heterocycles. The van der Waals surface area contributed by atoms with E-state index in [1.54, 1.807) is 0 Å². The fourth-order valence-corrected chi connectivity index (χ4v) is 7.31. The number of benzene rings is 8. The van der Waals surface area contributed by atoms with E-state index in [1.807, 2.05) is 170 Å². The van der Waals surface area contributed by atoms with E-state index in [0.717, 1.165) is 44.5 Å². The van der Waals surface area contributed by atoms with Gasteiger partial charge in [0.2, 0.25) is 0 Å². The summed E-state index contributed by atoms with van der Waals surface area (Å²) in [5.41, 5.74) is 6.85. The zero-order chi connectivity index (χ0) is 35.4. The highest BCUT2D eigenvalue weighted by molar-refractivity contribution is 5.69. The highest BCUT2D eigenvalue weighted by atomic mass is 16.4. The lowest BCUT2D eigenvalue weighted by Gasteiger charge is -2.45. The molecule has 0 fully saturated rings. The zero-order valence-electron chi connectivity index (χ0n) is 28.7. The van der Waals surface area contributed by atoms with Crippen molar-refractivity contribution < 1.29 is 10.2 Å². The molecule has 0 aliphatic heterocycles. The van der Waals surface area contributed by atoms with Gasteiger partial charge in [-0.1, -0.05) is 218 Å². The molecule has 0 aliphatic carbocycles. The minimum absolute atomic E-state index is 0.571. The molecule has 2 N–H and O–H groups in total. The van der Waals surface area contributed by atoms with Crippen LogP contribution in [0.3, 0.4) is 0 Å². The molecule has 0 aromatic heterocycles. The standard InChI is InChI=1S/C50H38O2/c51-49(45-29-21-41(22-30-45)37-13-5-1-6-14-37,46-31-23-42(24-32-46)38-15-7-2-8-16-38)50(52,47-33-25-43(26-34-47)39-17-9-3-10-18-39)48-35-27-44(28-36-48)40-19-11-4-12-20-40/h1-36,51-52H. The van der Waals surface area contributed by atoms with Crippen LogP contribution in [0, 0.1) is 0 Å². The molecule has 250 valence electrons. The highest BCUT2D eigenvalue weighted by Gasteiger charge is 2.54. The molecule has 0 spiro atoms. The van der Waals surface area contributed by atoms with E-state index in [2.05, 4.69) is 48.5 Å². The average Bonchev–Trinajstić information content (AvgIpc) is 3.24. The summed E-state index contributed by atoms with van der Waals surface area (Å²) >= 11 is 0. The van der Waals surface area contributed by atoms with Crippen molar-refractivity contribution in [3.8, 4) is 44.5 Å². The molecule has 0 radical (unpaired) electrons. The summed E-state index contributed by atoms with van der Waals surface area (Å²) in [7, 11) is 0. The SMILES string of the molecule is OC(c1ccc(-c2ccccc2)cc1)(c1ccc(-c2ccccc2)cc1)C(O)(c1ccc(-c2ccccc2)cc1)c1ccc(-c2ccccc2)cc1. The van der Waals surface area contributed by atoms with Gasteiger partial charge in [0.25, 0.3) is 0 Å². The molecular formula is C50H38O2. The normalized spacial score (nSPS) is 11.7. The third-order valence-electron chi connectivity index (χ3n) is 10.2. The first-order valence-corrected chi connectivity index (χ1v) is 17.6. The first-order chi connectivity index (χ1) is 25.5. The Morgan fingerprint density at radius 1 is 0.192 bits per heavy atom. The quantitative estimate of drug-likeness (QED) is 0.160. The van der Waals surface area contributed by atoms with Gasteiger partial charge in [-0.25, -0.2) is 0 Å². The van der Waals surface area contributed by atoms with Crippen molar-refractivity contribution in [2.45, 2.75) is 11.2 Å². The Bertz CT molecular complexity index is 2010. The van der Waals surface area contributed by atoms with Gasteiger partial charge in [0.05, 0.1) is 0 Å². The molecule has 8 aromatic rings. The van der Waals surface area contributed by atoms with E-state index in [9.17, 15) is 10.2 Å². The van der Waals surface area contributed by atoms with Crippen molar-refractivity contribution in [1.82, 2.24) is 0 Å². The van der Waals surface area contributed by atoms with Crippen molar-refractivity contribution in [2.24, 2.45) is 0 Å². The summed E-state index contributed by atoms with van der Waals surface area (Å²) in [6.45, 7) is 0. The maximum Gasteiger partial charge on any atom is 0.152 e.